The van der Waals surface area contributed by atoms with Crippen LogP contribution in [0.1, 0.15) is 28.8 Å². The van der Waals surface area contributed by atoms with Crippen LogP contribution in [0.2, 0.25) is 0 Å². The second-order valence-electron chi connectivity index (χ2n) is 8.58. The van der Waals surface area contributed by atoms with Gasteiger partial charge in [0.1, 0.15) is 17.6 Å². The lowest BCUT2D eigenvalue weighted by Gasteiger charge is -2.30. The zero-order valence-electron chi connectivity index (χ0n) is 19.5. The highest BCUT2D eigenvalue weighted by atomic mass is 32.2. The number of hydrogen-bond donors (Lipinski definition) is 0. The van der Waals surface area contributed by atoms with Crippen molar-refractivity contribution in [3.63, 3.8) is 0 Å². The maximum atomic E-state index is 13.7. The quantitative estimate of drug-likeness (QED) is 0.258. The summed E-state index contributed by atoms with van der Waals surface area (Å²) in [6.45, 7) is 1.28. The van der Waals surface area contributed by atoms with Crippen LogP contribution < -0.4 is 9.77 Å². The first-order valence-electron chi connectivity index (χ1n) is 11.4. The predicted molar refractivity (Wildman–Crippen MR) is 131 cm³/mol. The number of aromatic nitrogens is 1. The summed E-state index contributed by atoms with van der Waals surface area (Å²) in [4.78, 5) is 53.0. The number of thiazole rings is 1. The highest BCUT2D eigenvalue weighted by molar-refractivity contribution is 8.00. The minimum Gasteiger partial charge on any atom is -0.465 e. The summed E-state index contributed by atoms with van der Waals surface area (Å²) in [6.07, 6.45) is -4.69. The number of carbonyl (C=O) groups excluding carboxylic acids is 3. The molecule has 0 radical (unpaired) electrons. The van der Waals surface area contributed by atoms with E-state index in [-0.39, 0.29) is 17.3 Å². The van der Waals surface area contributed by atoms with Crippen molar-refractivity contribution < 1.29 is 36.7 Å². The summed E-state index contributed by atoms with van der Waals surface area (Å²) in [6, 6.07) is 9.14. The fraction of sp³-hybridized carbons (Fsp3) is 0.280. The number of rotatable bonds is 5. The Hall–Kier alpha value is -3.45. The minimum absolute atomic E-state index is 0.0922. The molecule has 38 heavy (non-hydrogen) atoms. The van der Waals surface area contributed by atoms with Crippen LogP contribution in [0, 0.1) is 11.7 Å². The summed E-state index contributed by atoms with van der Waals surface area (Å²) >= 11 is 1.71. The van der Waals surface area contributed by atoms with Crippen molar-refractivity contribution in [2.24, 2.45) is 5.92 Å². The molecule has 2 aliphatic heterocycles. The lowest BCUT2D eigenvalue weighted by Crippen LogP contribution is -2.32. The Kier molecular flexibility index (Phi) is 6.68. The van der Waals surface area contributed by atoms with E-state index in [1.807, 2.05) is 0 Å². The number of nitrogens with zero attached hydrogens (tertiary/aromatic N) is 2. The molecular weight excluding hydrogens is 548 g/mol. The van der Waals surface area contributed by atoms with Crippen LogP contribution in [0.4, 0.5) is 23.2 Å². The summed E-state index contributed by atoms with van der Waals surface area (Å²) in [5.41, 5.74) is -0.801. The van der Waals surface area contributed by atoms with Crippen LogP contribution >= 0.6 is 23.1 Å². The Morgan fingerprint density at radius 2 is 1.76 bits per heavy atom. The Balaban J connectivity index is 1.63. The number of thioether (sulfide) groups is 1. The number of alkyl halides is 3. The lowest BCUT2D eigenvalue weighted by atomic mass is 9.83. The van der Waals surface area contributed by atoms with Crippen molar-refractivity contribution in [1.29, 1.82) is 0 Å². The molecule has 0 aliphatic carbocycles. The van der Waals surface area contributed by atoms with Crippen LogP contribution in [0.15, 0.2) is 58.4 Å². The van der Waals surface area contributed by atoms with E-state index < -0.39 is 63.8 Å². The number of hydrogen-bond acceptors (Lipinski definition) is 7. The van der Waals surface area contributed by atoms with E-state index in [4.69, 9.17) is 4.74 Å². The molecule has 3 heterocycles. The summed E-state index contributed by atoms with van der Waals surface area (Å²) in [7, 11) is 0. The highest BCUT2D eigenvalue weighted by Gasteiger charge is 2.57. The number of carbonyl (C=O) groups is 3. The van der Waals surface area contributed by atoms with E-state index in [1.54, 1.807) is 6.92 Å². The number of anilines is 1. The van der Waals surface area contributed by atoms with E-state index in [2.05, 4.69) is 0 Å². The molecule has 1 saturated heterocycles. The van der Waals surface area contributed by atoms with Gasteiger partial charge in [-0.15, -0.1) is 0 Å². The first kappa shape index (κ1) is 26.2. The van der Waals surface area contributed by atoms with Crippen LogP contribution in [-0.4, -0.2) is 34.2 Å². The van der Waals surface area contributed by atoms with Gasteiger partial charge in [-0.25, -0.2) is 9.29 Å². The highest BCUT2D eigenvalue weighted by Crippen LogP contribution is 2.54. The molecule has 13 heteroatoms. The summed E-state index contributed by atoms with van der Waals surface area (Å²) < 4.78 is 59.9. The molecule has 0 N–H and O–H groups in total. The van der Waals surface area contributed by atoms with Gasteiger partial charge in [0.15, 0.2) is 0 Å². The van der Waals surface area contributed by atoms with Gasteiger partial charge in [-0.3, -0.25) is 23.7 Å². The van der Waals surface area contributed by atoms with Crippen molar-refractivity contribution in [2.45, 2.75) is 35.8 Å². The molecule has 2 aromatic carbocycles. The first-order valence-corrected chi connectivity index (χ1v) is 13.1. The average Bonchev–Trinajstić information content (AvgIpc) is 3.30. The van der Waals surface area contributed by atoms with Gasteiger partial charge >= 0.3 is 17.0 Å². The zero-order chi connectivity index (χ0) is 27.4. The number of benzene rings is 2. The third-order valence-electron chi connectivity index (χ3n) is 6.30. The maximum Gasteiger partial charge on any atom is 0.416 e. The Morgan fingerprint density at radius 1 is 1.05 bits per heavy atom. The van der Waals surface area contributed by atoms with E-state index >= 15 is 0 Å². The molecular formula is C25H18F4N2O5S2. The Bertz CT molecular complexity index is 1500. The molecule has 198 valence electrons. The van der Waals surface area contributed by atoms with Gasteiger partial charge in [0.2, 0.25) is 11.8 Å². The fourth-order valence-electron chi connectivity index (χ4n) is 4.70. The first-order chi connectivity index (χ1) is 18.0. The van der Waals surface area contributed by atoms with Gasteiger partial charge in [-0.05, 0) is 42.8 Å². The largest absolute Gasteiger partial charge is 0.465 e. The van der Waals surface area contributed by atoms with Crippen molar-refractivity contribution in [3.8, 4) is 0 Å². The van der Waals surface area contributed by atoms with E-state index in [9.17, 15) is 36.7 Å². The molecule has 1 aromatic heterocycles. The number of amides is 2. The van der Waals surface area contributed by atoms with Crippen LogP contribution in [-0.2, 0) is 31.8 Å². The standard InChI is InChI=1S/C25H18F4N2O5S2/c1-2-36-16(32)11-30-23-20(38-24(30)35)17(12-6-8-14(26)9-7-12)18-19(37-23)22(34)31(21(18)33)15-5-3-4-13(10-15)25(27,28)29/h3-10,17-19H,2,11H2,1H3. The van der Waals surface area contributed by atoms with Gasteiger partial charge in [0.25, 0.3) is 0 Å². The second-order valence-corrected chi connectivity index (χ2v) is 10.7. The topological polar surface area (TPSA) is 85.7 Å². The molecule has 1 fully saturated rings. The SMILES string of the molecule is CCOC(=O)Cn1c2c(sc1=O)C(c1ccc(F)cc1)C1C(=O)N(c3cccc(C(F)(F)F)c3)C(=O)C1S2. The maximum absolute atomic E-state index is 13.7. The zero-order valence-corrected chi connectivity index (χ0v) is 21.2. The van der Waals surface area contributed by atoms with Gasteiger partial charge in [0, 0.05) is 10.8 Å². The van der Waals surface area contributed by atoms with E-state index in [0.717, 1.165) is 46.2 Å². The van der Waals surface area contributed by atoms with Crippen molar-refractivity contribution in [1.82, 2.24) is 4.57 Å². The van der Waals surface area contributed by atoms with E-state index in [0.29, 0.717) is 10.4 Å². The molecule has 3 aromatic rings. The minimum atomic E-state index is -4.69. The third-order valence-corrected chi connectivity index (χ3v) is 8.91. The molecule has 0 bridgehead atoms. The van der Waals surface area contributed by atoms with Gasteiger partial charge in [-0.2, -0.15) is 13.2 Å². The van der Waals surface area contributed by atoms with E-state index in [1.165, 1.54) is 34.9 Å². The van der Waals surface area contributed by atoms with Gasteiger partial charge in [-0.1, -0.05) is 41.3 Å². The molecule has 2 amide bonds. The number of esters is 1. The van der Waals surface area contributed by atoms with Crippen LogP contribution in [0.5, 0.6) is 0 Å². The normalized spacial score (nSPS) is 20.9. The van der Waals surface area contributed by atoms with Gasteiger partial charge in [0.05, 0.1) is 28.8 Å². The van der Waals surface area contributed by atoms with Gasteiger partial charge < -0.3 is 4.74 Å². The summed E-state index contributed by atoms with van der Waals surface area (Å²) in [5.74, 6) is -4.63. The molecule has 5 rings (SSSR count). The smallest absolute Gasteiger partial charge is 0.416 e. The van der Waals surface area contributed by atoms with Crippen molar-refractivity contribution in [3.05, 3.63) is 80.0 Å². The van der Waals surface area contributed by atoms with Crippen molar-refractivity contribution in [2.75, 3.05) is 11.5 Å². The lowest BCUT2D eigenvalue weighted by molar-refractivity contribution is -0.144. The number of ether oxygens (including phenoxy) is 1. The second kappa shape index (κ2) is 9.70. The Morgan fingerprint density at radius 3 is 2.42 bits per heavy atom. The van der Waals surface area contributed by atoms with Crippen LogP contribution in [0.25, 0.3) is 0 Å². The molecule has 2 aliphatic rings. The molecule has 3 unspecified atom stereocenters. The molecule has 3 atom stereocenters. The van der Waals surface area contributed by atoms with Crippen molar-refractivity contribution >= 4 is 46.6 Å². The monoisotopic (exact) mass is 566 g/mol. The fourth-order valence-corrected chi connectivity index (χ4v) is 7.47. The number of imide groups is 1. The Labute approximate surface area is 221 Å². The third kappa shape index (κ3) is 4.43. The molecule has 7 nitrogen and oxygen atoms in total. The van der Waals surface area contributed by atoms with Crippen LogP contribution in [0.3, 0.4) is 0 Å². The molecule has 0 saturated carbocycles. The summed E-state index contributed by atoms with van der Waals surface area (Å²) in [5, 5.41) is -0.808. The average molecular weight is 567 g/mol. The molecule has 0 spiro atoms. The number of halogens is 4. The predicted octanol–water partition coefficient (Wildman–Crippen LogP) is 4.43. The number of fused-ring (bicyclic) bond motifs is 2.